The minimum atomic E-state index is 1.14. The monoisotopic (exact) mass is 199 g/mol. The largest absolute Gasteiger partial charge is 0.244 e. The summed E-state index contributed by atoms with van der Waals surface area (Å²) in [5.74, 6) is 0. The maximum atomic E-state index is 4.41. The lowest BCUT2D eigenvalue weighted by Crippen LogP contribution is -1.79. The van der Waals surface area contributed by atoms with E-state index in [9.17, 15) is 0 Å². The Labute approximate surface area is 86.0 Å². The van der Waals surface area contributed by atoms with E-state index in [4.69, 9.17) is 0 Å². The second-order valence-electron chi connectivity index (χ2n) is 3.44. The van der Waals surface area contributed by atoms with E-state index in [1.54, 1.807) is 11.3 Å². The van der Waals surface area contributed by atoms with Crippen LogP contribution in [0.1, 0.15) is 5.56 Å². The van der Waals surface area contributed by atoms with Gasteiger partial charge in [0, 0.05) is 5.39 Å². The molecule has 0 spiro atoms. The summed E-state index contributed by atoms with van der Waals surface area (Å²) < 4.78 is 1.28. The molecule has 0 aliphatic heterocycles. The van der Waals surface area contributed by atoms with Crippen molar-refractivity contribution in [1.29, 1.82) is 0 Å². The lowest BCUT2D eigenvalue weighted by molar-refractivity contribution is 1.50. The highest BCUT2D eigenvalue weighted by atomic mass is 32.1. The van der Waals surface area contributed by atoms with Crippen molar-refractivity contribution in [2.75, 3.05) is 0 Å². The first-order valence-corrected chi connectivity index (χ1v) is 5.46. The van der Waals surface area contributed by atoms with Crippen LogP contribution in [-0.2, 0) is 0 Å². The average molecular weight is 199 g/mol. The number of rotatable bonds is 0. The number of benzene rings is 2. The van der Waals surface area contributed by atoms with Crippen molar-refractivity contribution in [2.24, 2.45) is 0 Å². The summed E-state index contributed by atoms with van der Waals surface area (Å²) in [4.78, 5) is 4.41. The van der Waals surface area contributed by atoms with Gasteiger partial charge in [-0.2, -0.15) is 0 Å². The van der Waals surface area contributed by atoms with E-state index >= 15 is 0 Å². The van der Waals surface area contributed by atoms with Gasteiger partial charge in [-0.1, -0.05) is 24.3 Å². The van der Waals surface area contributed by atoms with Gasteiger partial charge in [-0.15, -0.1) is 11.3 Å². The summed E-state index contributed by atoms with van der Waals surface area (Å²) in [6, 6.07) is 10.7. The molecule has 0 unspecified atom stereocenters. The molecule has 1 heterocycles. The van der Waals surface area contributed by atoms with Crippen molar-refractivity contribution in [1.82, 2.24) is 4.98 Å². The fourth-order valence-corrected chi connectivity index (χ4v) is 2.66. The summed E-state index contributed by atoms with van der Waals surface area (Å²) >= 11 is 1.71. The molecule has 3 aromatic rings. The Bertz CT molecular complexity index is 610. The zero-order chi connectivity index (χ0) is 9.54. The minimum Gasteiger partial charge on any atom is -0.244 e. The van der Waals surface area contributed by atoms with Crippen molar-refractivity contribution in [3.63, 3.8) is 0 Å². The molecule has 0 saturated carbocycles. The maximum absolute atomic E-state index is 4.41. The Balaban J connectivity index is 2.67. The van der Waals surface area contributed by atoms with Gasteiger partial charge in [-0.05, 0) is 23.9 Å². The molecule has 2 heteroatoms. The fourth-order valence-electron chi connectivity index (χ4n) is 1.87. The van der Waals surface area contributed by atoms with Crippen LogP contribution in [0.25, 0.3) is 21.0 Å². The Morgan fingerprint density at radius 2 is 1.93 bits per heavy atom. The lowest BCUT2D eigenvalue weighted by Gasteiger charge is -2.01. The third-order valence-electron chi connectivity index (χ3n) is 2.55. The van der Waals surface area contributed by atoms with Gasteiger partial charge in [0.1, 0.15) is 0 Å². The van der Waals surface area contributed by atoms with Gasteiger partial charge in [-0.25, -0.2) is 4.98 Å². The molecule has 0 fully saturated rings. The Kier molecular flexibility index (Phi) is 1.58. The molecular weight excluding hydrogens is 190 g/mol. The molecule has 0 aliphatic rings. The smallest absolute Gasteiger partial charge is 0.0890 e. The fraction of sp³-hybridized carbons (Fsp3) is 0.0833. The van der Waals surface area contributed by atoms with Gasteiger partial charge in [0.25, 0.3) is 0 Å². The van der Waals surface area contributed by atoms with Crippen molar-refractivity contribution in [3.8, 4) is 0 Å². The van der Waals surface area contributed by atoms with Gasteiger partial charge in [0.05, 0.1) is 15.7 Å². The van der Waals surface area contributed by atoms with Gasteiger partial charge in [0.15, 0.2) is 0 Å². The standard InChI is InChI=1S/C12H9NS/c1-8-6-11-12(13-7-14-11)10-5-3-2-4-9(8)10/h2-7H,1H3. The summed E-state index contributed by atoms with van der Waals surface area (Å²) in [7, 11) is 0. The summed E-state index contributed by atoms with van der Waals surface area (Å²) in [6.07, 6.45) is 0. The van der Waals surface area contributed by atoms with Crippen LogP contribution < -0.4 is 0 Å². The Morgan fingerprint density at radius 3 is 2.79 bits per heavy atom. The van der Waals surface area contributed by atoms with E-state index in [2.05, 4.69) is 42.2 Å². The van der Waals surface area contributed by atoms with Crippen LogP contribution in [0, 0.1) is 6.92 Å². The zero-order valence-corrected chi connectivity index (χ0v) is 8.64. The highest BCUT2D eigenvalue weighted by Gasteiger charge is 2.04. The molecule has 1 nitrogen and oxygen atoms in total. The van der Waals surface area contributed by atoms with Gasteiger partial charge >= 0.3 is 0 Å². The topological polar surface area (TPSA) is 12.9 Å². The predicted molar refractivity (Wildman–Crippen MR) is 61.9 cm³/mol. The summed E-state index contributed by atoms with van der Waals surface area (Å²) in [6.45, 7) is 2.15. The molecule has 0 amide bonds. The normalized spacial score (nSPS) is 11.2. The molecule has 14 heavy (non-hydrogen) atoms. The van der Waals surface area contributed by atoms with Crippen LogP contribution in [0.2, 0.25) is 0 Å². The number of aromatic nitrogens is 1. The first-order valence-electron chi connectivity index (χ1n) is 4.58. The second-order valence-corrected chi connectivity index (χ2v) is 4.32. The predicted octanol–water partition coefficient (Wildman–Crippen LogP) is 3.76. The third kappa shape index (κ3) is 0.976. The summed E-state index contributed by atoms with van der Waals surface area (Å²) in [5, 5.41) is 2.58. The Hall–Kier alpha value is -1.41. The van der Waals surface area contributed by atoms with Crippen LogP contribution in [0.15, 0.2) is 35.8 Å². The van der Waals surface area contributed by atoms with E-state index in [0.717, 1.165) is 5.52 Å². The molecule has 0 bridgehead atoms. The first-order chi connectivity index (χ1) is 6.86. The van der Waals surface area contributed by atoms with Gasteiger partial charge in [-0.3, -0.25) is 0 Å². The quantitative estimate of drug-likeness (QED) is 0.537. The number of aryl methyl sites for hydroxylation is 1. The van der Waals surface area contributed by atoms with Crippen molar-refractivity contribution in [2.45, 2.75) is 6.92 Å². The molecule has 1 aromatic heterocycles. The molecule has 68 valence electrons. The van der Waals surface area contributed by atoms with E-state index in [-0.39, 0.29) is 0 Å². The molecule has 0 saturated heterocycles. The number of hydrogen-bond acceptors (Lipinski definition) is 2. The second kappa shape index (κ2) is 2.79. The number of hydrogen-bond donors (Lipinski definition) is 0. The third-order valence-corrected chi connectivity index (χ3v) is 3.33. The SMILES string of the molecule is Cc1cc2scnc2c2ccccc12. The van der Waals surface area contributed by atoms with E-state index in [1.165, 1.54) is 21.0 Å². The van der Waals surface area contributed by atoms with Crippen molar-refractivity contribution < 1.29 is 0 Å². The maximum Gasteiger partial charge on any atom is 0.0890 e. The van der Waals surface area contributed by atoms with Crippen LogP contribution >= 0.6 is 11.3 Å². The Morgan fingerprint density at radius 1 is 1.14 bits per heavy atom. The van der Waals surface area contributed by atoms with Crippen molar-refractivity contribution in [3.05, 3.63) is 41.4 Å². The molecule has 0 aliphatic carbocycles. The lowest BCUT2D eigenvalue weighted by atomic mass is 10.0. The molecule has 0 atom stereocenters. The van der Waals surface area contributed by atoms with Gasteiger partial charge in [0.2, 0.25) is 0 Å². The van der Waals surface area contributed by atoms with Crippen LogP contribution in [0.4, 0.5) is 0 Å². The number of nitrogens with zero attached hydrogens (tertiary/aromatic N) is 1. The molecular formula is C12H9NS. The molecule has 3 rings (SSSR count). The number of fused-ring (bicyclic) bond motifs is 3. The van der Waals surface area contributed by atoms with E-state index < -0.39 is 0 Å². The minimum absolute atomic E-state index is 1.14. The molecule has 0 N–H and O–H groups in total. The van der Waals surface area contributed by atoms with Crippen LogP contribution in [-0.4, -0.2) is 4.98 Å². The zero-order valence-electron chi connectivity index (χ0n) is 7.82. The first kappa shape index (κ1) is 7.94. The van der Waals surface area contributed by atoms with Gasteiger partial charge < -0.3 is 0 Å². The average Bonchev–Trinajstić information content (AvgIpc) is 2.66. The highest BCUT2D eigenvalue weighted by Crippen LogP contribution is 2.29. The van der Waals surface area contributed by atoms with Crippen molar-refractivity contribution >= 4 is 32.3 Å². The highest BCUT2D eigenvalue weighted by molar-refractivity contribution is 7.16. The van der Waals surface area contributed by atoms with E-state index in [1.807, 2.05) is 5.51 Å². The number of thiazole rings is 1. The summed E-state index contributed by atoms with van der Waals surface area (Å²) in [5.41, 5.74) is 4.38. The van der Waals surface area contributed by atoms with Crippen LogP contribution in [0.3, 0.4) is 0 Å². The van der Waals surface area contributed by atoms with Crippen LogP contribution in [0.5, 0.6) is 0 Å². The molecule has 0 radical (unpaired) electrons. The molecule has 2 aromatic carbocycles. The van der Waals surface area contributed by atoms with E-state index in [0.29, 0.717) is 0 Å².